The van der Waals surface area contributed by atoms with Crippen LogP contribution in [0.4, 0.5) is 0 Å². The molecule has 2 aromatic heterocycles. The number of benzene rings is 1. The molecule has 0 unspecified atom stereocenters. The zero-order chi connectivity index (χ0) is 18.2. The second kappa shape index (κ2) is 9.20. The van der Waals surface area contributed by atoms with E-state index >= 15 is 0 Å². The van der Waals surface area contributed by atoms with Crippen molar-refractivity contribution < 1.29 is 0 Å². The van der Waals surface area contributed by atoms with Crippen LogP contribution in [0.3, 0.4) is 0 Å². The molecule has 136 valence electrons. The lowest BCUT2D eigenvalue weighted by atomic mass is 10.2. The van der Waals surface area contributed by atoms with Crippen LogP contribution in [0, 0.1) is 0 Å². The van der Waals surface area contributed by atoms with Gasteiger partial charge in [-0.15, -0.1) is 11.3 Å². The Balaban J connectivity index is 1.46. The lowest BCUT2D eigenvalue weighted by Crippen LogP contribution is -2.40. The summed E-state index contributed by atoms with van der Waals surface area (Å²) in [4.78, 5) is 7.96. The molecule has 0 aliphatic carbocycles. The first-order chi connectivity index (χ1) is 12.8. The van der Waals surface area contributed by atoms with Crippen LogP contribution in [0.15, 0.2) is 65.2 Å². The molecule has 3 rings (SSSR count). The van der Waals surface area contributed by atoms with E-state index in [4.69, 9.17) is 0 Å². The molecule has 3 aromatic rings. The normalized spacial score (nSPS) is 11.5. The topological polar surface area (TPSA) is 45.5 Å². The summed E-state index contributed by atoms with van der Waals surface area (Å²) >= 11 is 1.80. The molecule has 26 heavy (non-hydrogen) atoms. The fourth-order valence-corrected chi connectivity index (χ4v) is 3.45. The monoisotopic (exact) mass is 367 g/mol. The first kappa shape index (κ1) is 18.2. The summed E-state index contributed by atoms with van der Waals surface area (Å²) in [6, 6.07) is 14.4. The lowest BCUT2D eigenvalue weighted by molar-refractivity contribution is 0.487. The molecular formula is C20H25N5S. The molecule has 0 saturated heterocycles. The first-order valence-electron chi connectivity index (χ1n) is 8.79. The summed E-state index contributed by atoms with van der Waals surface area (Å²) in [6.45, 7) is 1.78. The van der Waals surface area contributed by atoms with Crippen molar-refractivity contribution in [1.29, 1.82) is 0 Å². The predicted molar refractivity (Wildman–Crippen MR) is 109 cm³/mol. The van der Waals surface area contributed by atoms with Crippen LogP contribution in [-0.2, 0) is 12.8 Å². The summed E-state index contributed by atoms with van der Waals surface area (Å²) in [5, 5.41) is 10.0. The molecule has 0 bridgehead atoms. The summed E-state index contributed by atoms with van der Waals surface area (Å²) < 4.78 is 1.91. The van der Waals surface area contributed by atoms with Gasteiger partial charge in [0.15, 0.2) is 5.96 Å². The second-order valence-corrected chi connectivity index (χ2v) is 7.14. The van der Waals surface area contributed by atoms with Crippen LogP contribution < -0.4 is 5.32 Å². The zero-order valence-electron chi connectivity index (χ0n) is 15.3. The summed E-state index contributed by atoms with van der Waals surface area (Å²) in [5.74, 6) is 0.928. The van der Waals surface area contributed by atoms with Gasteiger partial charge in [-0.1, -0.05) is 24.3 Å². The van der Waals surface area contributed by atoms with Crippen molar-refractivity contribution >= 4 is 17.3 Å². The minimum absolute atomic E-state index is 0.830. The third-order valence-corrected chi connectivity index (χ3v) is 5.14. The Kier molecular flexibility index (Phi) is 6.44. The predicted octanol–water partition coefficient (Wildman–Crippen LogP) is 3.23. The smallest absolute Gasteiger partial charge is 0.193 e. The molecule has 6 heteroatoms. The number of hydrogen-bond acceptors (Lipinski definition) is 3. The highest BCUT2D eigenvalue weighted by atomic mass is 32.1. The van der Waals surface area contributed by atoms with E-state index in [0.29, 0.717) is 0 Å². The van der Waals surface area contributed by atoms with Gasteiger partial charge in [-0.2, -0.15) is 5.10 Å². The van der Waals surface area contributed by atoms with E-state index in [2.05, 4.69) is 63.2 Å². The van der Waals surface area contributed by atoms with Crippen LogP contribution in [-0.4, -0.2) is 47.8 Å². The quantitative estimate of drug-likeness (QED) is 0.515. The number of aliphatic imine (C=N–C) groups is 1. The number of nitrogens with one attached hydrogen (secondary N) is 1. The minimum atomic E-state index is 0.830. The van der Waals surface area contributed by atoms with Crippen LogP contribution in [0.25, 0.3) is 5.69 Å². The van der Waals surface area contributed by atoms with Gasteiger partial charge in [0, 0.05) is 38.3 Å². The van der Waals surface area contributed by atoms with Gasteiger partial charge in [0.1, 0.15) is 0 Å². The fourth-order valence-electron chi connectivity index (χ4n) is 2.75. The molecule has 1 aromatic carbocycles. The van der Waals surface area contributed by atoms with Crippen LogP contribution >= 0.6 is 11.3 Å². The number of guanidine groups is 1. The SMILES string of the molecule is CN=C(NCCc1cnn(-c2ccccc2)c1)N(C)CCc1cccs1. The average molecular weight is 368 g/mol. The third-order valence-electron chi connectivity index (χ3n) is 4.20. The van der Waals surface area contributed by atoms with Gasteiger partial charge >= 0.3 is 0 Å². The maximum atomic E-state index is 4.45. The van der Waals surface area contributed by atoms with E-state index in [9.17, 15) is 0 Å². The maximum absolute atomic E-state index is 4.45. The van der Waals surface area contributed by atoms with Crippen LogP contribution in [0.2, 0.25) is 0 Å². The van der Waals surface area contributed by atoms with Crippen LogP contribution in [0.1, 0.15) is 10.4 Å². The van der Waals surface area contributed by atoms with Gasteiger partial charge in [0.05, 0.1) is 11.9 Å². The number of para-hydroxylation sites is 1. The van der Waals surface area contributed by atoms with Crippen molar-refractivity contribution in [1.82, 2.24) is 20.0 Å². The van der Waals surface area contributed by atoms with Crippen molar-refractivity contribution in [2.24, 2.45) is 4.99 Å². The summed E-state index contributed by atoms with van der Waals surface area (Å²) in [6.07, 6.45) is 5.96. The Hall–Kier alpha value is -2.60. The van der Waals surface area contributed by atoms with E-state index in [1.165, 1.54) is 10.4 Å². The van der Waals surface area contributed by atoms with E-state index in [1.54, 1.807) is 11.3 Å². The largest absolute Gasteiger partial charge is 0.356 e. The number of hydrogen-bond donors (Lipinski definition) is 1. The van der Waals surface area contributed by atoms with Crippen molar-refractivity contribution in [3.8, 4) is 5.69 Å². The van der Waals surface area contributed by atoms with Gasteiger partial charge in [-0.05, 0) is 42.0 Å². The first-order valence-corrected chi connectivity index (χ1v) is 9.67. The van der Waals surface area contributed by atoms with E-state index < -0.39 is 0 Å². The number of nitrogens with zero attached hydrogens (tertiary/aromatic N) is 4. The molecule has 0 aliphatic rings. The highest BCUT2D eigenvalue weighted by Gasteiger charge is 2.07. The van der Waals surface area contributed by atoms with E-state index in [0.717, 1.165) is 37.6 Å². The molecule has 0 amide bonds. The van der Waals surface area contributed by atoms with Crippen molar-refractivity contribution in [3.05, 3.63) is 70.7 Å². The minimum Gasteiger partial charge on any atom is -0.356 e. The molecule has 0 atom stereocenters. The molecule has 1 N–H and O–H groups in total. The Morgan fingerprint density at radius 1 is 1.19 bits per heavy atom. The lowest BCUT2D eigenvalue weighted by Gasteiger charge is -2.21. The van der Waals surface area contributed by atoms with Crippen molar-refractivity contribution in [3.63, 3.8) is 0 Å². The molecule has 2 heterocycles. The molecule has 0 aliphatic heterocycles. The van der Waals surface area contributed by atoms with Gasteiger partial charge < -0.3 is 10.2 Å². The average Bonchev–Trinajstić information content (AvgIpc) is 3.36. The number of aromatic nitrogens is 2. The number of thiophene rings is 1. The Labute approximate surface area is 159 Å². The van der Waals surface area contributed by atoms with Gasteiger partial charge in [0.25, 0.3) is 0 Å². The molecule has 0 spiro atoms. The zero-order valence-corrected chi connectivity index (χ0v) is 16.1. The Morgan fingerprint density at radius 2 is 2.04 bits per heavy atom. The highest BCUT2D eigenvalue weighted by Crippen LogP contribution is 2.10. The molecule has 5 nitrogen and oxygen atoms in total. The summed E-state index contributed by atoms with van der Waals surface area (Å²) in [7, 11) is 3.91. The van der Waals surface area contributed by atoms with Gasteiger partial charge in [0.2, 0.25) is 0 Å². The Bertz CT molecular complexity index is 808. The van der Waals surface area contributed by atoms with Gasteiger partial charge in [-0.3, -0.25) is 4.99 Å². The molecule has 0 saturated carbocycles. The number of rotatable bonds is 7. The highest BCUT2D eigenvalue weighted by molar-refractivity contribution is 7.09. The van der Waals surface area contributed by atoms with Crippen LogP contribution in [0.5, 0.6) is 0 Å². The maximum Gasteiger partial charge on any atom is 0.193 e. The third kappa shape index (κ3) is 4.95. The second-order valence-electron chi connectivity index (χ2n) is 6.10. The summed E-state index contributed by atoms with van der Waals surface area (Å²) in [5.41, 5.74) is 2.29. The molecule has 0 radical (unpaired) electrons. The van der Waals surface area contributed by atoms with Crippen molar-refractivity contribution in [2.45, 2.75) is 12.8 Å². The standard InChI is InChI=1S/C20H25N5S/c1-21-20(24(2)13-11-19-9-6-14-26-19)22-12-10-17-15-23-25(16-17)18-7-4-3-5-8-18/h3-9,14-16H,10-13H2,1-2H3,(H,21,22). The Morgan fingerprint density at radius 3 is 2.77 bits per heavy atom. The fraction of sp³-hybridized carbons (Fsp3) is 0.300. The molecule has 0 fully saturated rings. The number of likely N-dealkylation sites (N-methyl/N-ethyl adjacent to an activating group) is 1. The van der Waals surface area contributed by atoms with Crippen molar-refractivity contribution in [2.75, 3.05) is 27.2 Å². The molecular weight excluding hydrogens is 342 g/mol. The van der Waals surface area contributed by atoms with Gasteiger partial charge in [-0.25, -0.2) is 4.68 Å². The van der Waals surface area contributed by atoms with E-state index in [-0.39, 0.29) is 0 Å². The van der Waals surface area contributed by atoms with E-state index in [1.807, 2.05) is 36.1 Å².